The number of benzene rings is 1. The van der Waals surface area contributed by atoms with E-state index in [4.69, 9.17) is 10.9 Å². The number of nitrogens with zero attached hydrogens (tertiary/aromatic N) is 1. The molecule has 0 bridgehead atoms. The zero-order chi connectivity index (χ0) is 15.1. The largest absolute Gasteiger partial charge is 0.433 e. The molecule has 4 N–H and O–H groups in total. The van der Waals surface area contributed by atoms with Crippen LogP contribution in [0.3, 0.4) is 0 Å². The first-order valence-electron chi connectivity index (χ1n) is 5.81. The van der Waals surface area contributed by atoms with Crippen molar-refractivity contribution in [2.75, 3.05) is 5.32 Å². The maximum Gasteiger partial charge on any atom is 0.387 e. The number of oxime groups is 1. The molecule has 20 heavy (non-hydrogen) atoms. The average molecular weight is 287 g/mol. The number of amidine groups is 1. The van der Waals surface area contributed by atoms with Gasteiger partial charge in [-0.05, 0) is 18.6 Å². The summed E-state index contributed by atoms with van der Waals surface area (Å²) in [5.74, 6) is -1.85. The molecule has 110 valence electrons. The molecule has 0 radical (unpaired) electrons. The Morgan fingerprint density at radius 2 is 2.15 bits per heavy atom. The van der Waals surface area contributed by atoms with Crippen LogP contribution < -0.4 is 15.8 Å². The number of alkyl halides is 2. The summed E-state index contributed by atoms with van der Waals surface area (Å²) in [5.41, 5.74) is 5.47. The highest BCUT2D eigenvalue weighted by Gasteiger charge is 2.22. The van der Waals surface area contributed by atoms with E-state index in [1.807, 2.05) is 0 Å². The van der Waals surface area contributed by atoms with Crippen LogP contribution in [0.5, 0.6) is 5.75 Å². The quantitative estimate of drug-likeness (QED) is 0.322. The van der Waals surface area contributed by atoms with Gasteiger partial charge in [0.2, 0.25) is 5.91 Å². The molecule has 0 aliphatic carbocycles. The van der Waals surface area contributed by atoms with E-state index in [1.165, 1.54) is 18.2 Å². The van der Waals surface area contributed by atoms with Gasteiger partial charge >= 0.3 is 6.61 Å². The normalized spacial score (nSPS) is 13.1. The summed E-state index contributed by atoms with van der Waals surface area (Å²) in [7, 11) is 0. The molecule has 8 heteroatoms. The number of hydrogen-bond donors (Lipinski definition) is 3. The highest BCUT2D eigenvalue weighted by atomic mass is 19.3. The number of ether oxygens (including phenoxy) is 1. The van der Waals surface area contributed by atoms with Gasteiger partial charge in [0.1, 0.15) is 5.75 Å². The van der Waals surface area contributed by atoms with Gasteiger partial charge in [-0.3, -0.25) is 4.79 Å². The van der Waals surface area contributed by atoms with Gasteiger partial charge in [-0.1, -0.05) is 24.2 Å². The molecule has 0 spiro atoms. The fourth-order valence-electron chi connectivity index (χ4n) is 1.59. The van der Waals surface area contributed by atoms with E-state index in [2.05, 4.69) is 15.2 Å². The van der Waals surface area contributed by atoms with E-state index in [9.17, 15) is 13.6 Å². The summed E-state index contributed by atoms with van der Waals surface area (Å²) >= 11 is 0. The van der Waals surface area contributed by atoms with Gasteiger partial charge in [-0.25, -0.2) is 0 Å². The Morgan fingerprint density at radius 1 is 1.50 bits per heavy atom. The number of para-hydroxylation sites is 2. The van der Waals surface area contributed by atoms with Gasteiger partial charge in [-0.2, -0.15) is 8.78 Å². The second-order valence-electron chi connectivity index (χ2n) is 3.85. The Hall–Kier alpha value is -2.38. The van der Waals surface area contributed by atoms with Crippen molar-refractivity contribution in [1.29, 1.82) is 0 Å². The maximum atomic E-state index is 12.2. The molecule has 0 heterocycles. The highest BCUT2D eigenvalue weighted by molar-refractivity contribution is 6.08. The smallest absolute Gasteiger partial charge is 0.387 e. The predicted molar refractivity (Wildman–Crippen MR) is 68.9 cm³/mol. The van der Waals surface area contributed by atoms with Crippen molar-refractivity contribution >= 4 is 17.4 Å². The van der Waals surface area contributed by atoms with E-state index in [0.29, 0.717) is 6.42 Å². The van der Waals surface area contributed by atoms with E-state index >= 15 is 0 Å². The van der Waals surface area contributed by atoms with E-state index in [-0.39, 0.29) is 17.3 Å². The first-order valence-corrected chi connectivity index (χ1v) is 5.81. The standard InChI is InChI=1S/C12H15F2N3O3/c1-2-7(10(15)17-19)11(18)16-8-5-3-4-6-9(8)20-12(13)14/h3-7,12,19H,2H2,1H3,(H2,15,17)(H,16,18). The number of anilines is 1. The molecule has 0 fully saturated rings. The number of hydrogen-bond acceptors (Lipinski definition) is 4. The van der Waals surface area contributed by atoms with Gasteiger partial charge < -0.3 is 21.0 Å². The monoisotopic (exact) mass is 287 g/mol. The maximum absolute atomic E-state index is 12.2. The Kier molecular flexibility index (Phi) is 5.70. The van der Waals surface area contributed by atoms with Crippen LogP contribution in [-0.2, 0) is 4.79 Å². The van der Waals surface area contributed by atoms with Crippen LogP contribution in [0.2, 0.25) is 0 Å². The number of nitrogens with two attached hydrogens (primary N) is 1. The van der Waals surface area contributed by atoms with Crippen LogP contribution in [0.15, 0.2) is 29.4 Å². The second-order valence-corrected chi connectivity index (χ2v) is 3.85. The first kappa shape index (κ1) is 15.7. The summed E-state index contributed by atoms with van der Waals surface area (Å²) in [6.07, 6.45) is 0.291. The topological polar surface area (TPSA) is 96.9 Å². The lowest BCUT2D eigenvalue weighted by Crippen LogP contribution is -2.34. The van der Waals surface area contributed by atoms with Gasteiger partial charge in [-0.15, -0.1) is 0 Å². The van der Waals surface area contributed by atoms with Crippen LogP contribution in [0.25, 0.3) is 0 Å². The Balaban J connectivity index is 2.90. The molecule has 1 rings (SSSR count). The molecule has 1 aromatic rings. The van der Waals surface area contributed by atoms with Gasteiger partial charge in [0, 0.05) is 0 Å². The average Bonchev–Trinajstić information content (AvgIpc) is 2.41. The molecule has 1 atom stereocenters. The summed E-state index contributed by atoms with van der Waals surface area (Å²) < 4.78 is 28.8. The third kappa shape index (κ3) is 4.08. The summed E-state index contributed by atoms with van der Waals surface area (Å²) in [5, 5.41) is 13.8. The van der Waals surface area contributed by atoms with Crippen LogP contribution in [0, 0.1) is 5.92 Å². The number of carbonyl (C=O) groups is 1. The van der Waals surface area contributed by atoms with Crippen LogP contribution >= 0.6 is 0 Å². The van der Waals surface area contributed by atoms with Crippen molar-refractivity contribution in [3.63, 3.8) is 0 Å². The highest BCUT2D eigenvalue weighted by Crippen LogP contribution is 2.26. The zero-order valence-corrected chi connectivity index (χ0v) is 10.7. The number of rotatable bonds is 6. The number of carbonyl (C=O) groups excluding carboxylic acids is 1. The van der Waals surface area contributed by atoms with Crippen LogP contribution in [0.4, 0.5) is 14.5 Å². The second kappa shape index (κ2) is 7.27. The van der Waals surface area contributed by atoms with Crippen LogP contribution in [0.1, 0.15) is 13.3 Å². The molecular formula is C12H15F2N3O3. The summed E-state index contributed by atoms with van der Waals surface area (Å²) in [6.45, 7) is -1.33. The molecule has 0 saturated carbocycles. The van der Waals surface area contributed by atoms with Crippen molar-refractivity contribution in [1.82, 2.24) is 0 Å². The lowest BCUT2D eigenvalue weighted by molar-refractivity contribution is -0.118. The minimum atomic E-state index is -3.00. The van der Waals surface area contributed by atoms with Crippen molar-refractivity contribution in [2.24, 2.45) is 16.8 Å². The lowest BCUT2D eigenvalue weighted by atomic mass is 10.0. The van der Waals surface area contributed by atoms with Gasteiger partial charge in [0.25, 0.3) is 0 Å². The summed E-state index contributed by atoms with van der Waals surface area (Å²) in [4.78, 5) is 12.0. The third-order valence-electron chi connectivity index (χ3n) is 2.56. The Labute approximate surface area is 114 Å². The van der Waals surface area contributed by atoms with Gasteiger partial charge in [0.05, 0.1) is 11.6 Å². The molecule has 0 aromatic heterocycles. The Bertz CT molecular complexity index is 495. The molecule has 6 nitrogen and oxygen atoms in total. The van der Waals surface area contributed by atoms with Gasteiger partial charge in [0.15, 0.2) is 5.84 Å². The third-order valence-corrected chi connectivity index (χ3v) is 2.56. The molecule has 1 unspecified atom stereocenters. The Morgan fingerprint density at radius 3 is 2.70 bits per heavy atom. The first-order chi connectivity index (χ1) is 9.49. The van der Waals surface area contributed by atoms with Crippen molar-refractivity contribution < 1.29 is 23.5 Å². The fourth-order valence-corrected chi connectivity index (χ4v) is 1.59. The predicted octanol–water partition coefficient (Wildman–Crippen LogP) is 2.00. The molecule has 0 aliphatic rings. The number of amides is 1. The summed E-state index contributed by atoms with van der Waals surface area (Å²) in [6, 6.07) is 5.76. The number of halogens is 2. The van der Waals surface area contributed by atoms with Crippen molar-refractivity contribution in [2.45, 2.75) is 20.0 Å². The minimum absolute atomic E-state index is 0.0852. The number of nitrogens with one attached hydrogen (secondary N) is 1. The van der Waals surface area contributed by atoms with Crippen molar-refractivity contribution in [3.05, 3.63) is 24.3 Å². The lowest BCUT2D eigenvalue weighted by Gasteiger charge is -2.15. The van der Waals surface area contributed by atoms with Crippen molar-refractivity contribution in [3.8, 4) is 5.75 Å². The fraction of sp³-hybridized carbons (Fsp3) is 0.333. The molecule has 1 aromatic carbocycles. The molecular weight excluding hydrogens is 272 g/mol. The van der Waals surface area contributed by atoms with Crippen LogP contribution in [-0.4, -0.2) is 23.6 Å². The minimum Gasteiger partial charge on any atom is -0.433 e. The molecule has 0 saturated heterocycles. The molecule has 1 amide bonds. The zero-order valence-electron chi connectivity index (χ0n) is 10.7. The van der Waals surface area contributed by atoms with E-state index in [1.54, 1.807) is 13.0 Å². The van der Waals surface area contributed by atoms with E-state index < -0.39 is 18.4 Å². The molecule has 0 aliphatic heterocycles. The SMILES string of the molecule is CCC(C(=O)Nc1ccccc1OC(F)F)C(N)=NO. The van der Waals surface area contributed by atoms with E-state index in [0.717, 1.165) is 0 Å².